The molecule has 0 atom stereocenters. The van der Waals surface area contributed by atoms with E-state index in [1.807, 2.05) is 24.5 Å². The molecule has 0 radical (unpaired) electrons. The van der Waals surface area contributed by atoms with Gasteiger partial charge in [-0.2, -0.15) is 0 Å². The summed E-state index contributed by atoms with van der Waals surface area (Å²) >= 11 is 5.28. The zero-order chi connectivity index (χ0) is 15.6. The van der Waals surface area contributed by atoms with E-state index in [-0.39, 0.29) is 0 Å². The summed E-state index contributed by atoms with van der Waals surface area (Å²) in [5, 5.41) is 7.29. The summed E-state index contributed by atoms with van der Waals surface area (Å²) in [5.74, 6) is 0. The van der Waals surface area contributed by atoms with E-state index >= 15 is 0 Å². The Hall–Kier alpha value is -2.40. The standard InChI is InChI=1S/C18H18N4S/c23-18(21-14-7-8-14)19-11-13-5-9-15(10-6-13)22-12-20-16-3-1-2-4-17(16)22/h1-6,9-10,12,14H,7-8,11H2,(H2,19,21,23). The molecule has 1 aliphatic rings. The second-order valence-electron chi connectivity index (χ2n) is 5.87. The highest BCUT2D eigenvalue weighted by Gasteiger charge is 2.21. The number of nitrogens with zero attached hydrogens (tertiary/aromatic N) is 2. The van der Waals surface area contributed by atoms with Crippen LogP contribution in [0.25, 0.3) is 16.7 Å². The first kappa shape index (κ1) is 14.2. The second-order valence-corrected chi connectivity index (χ2v) is 6.28. The van der Waals surface area contributed by atoms with Gasteiger partial charge in [0.25, 0.3) is 0 Å². The molecule has 1 aliphatic carbocycles. The zero-order valence-corrected chi connectivity index (χ0v) is 13.5. The first-order valence-electron chi connectivity index (χ1n) is 7.85. The van der Waals surface area contributed by atoms with Gasteiger partial charge in [0.2, 0.25) is 0 Å². The molecule has 5 heteroatoms. The molecular formula is C18H18N4S. The van der Waals surface area contributed by atoms with Crippen LogP contribution in [-0.2, 0) is 6.54 Å². The maximum absolute atomic E-state index is 5.28. The summed E-state index contributed by atoms with van der Waals surface area (Å²) in [6, 6.07) is 17.2. The number of nitrogens with one attached hydrogen (secondary N) is 2. The SMILES string of the molecule is S=C(NCc1ccc(-n2cnc3ccccc32)cc1)NC1CC1. The molecular weight excluding hydrogens is 304 g/mol. The molecule has 0 unspecified atom stereocenters. The van der Waals surface area contributed by atoms with Crippen molar-refractivity contribution in [3.05, 3.63) is 60.4 Å². The molecule has 0 spiro atoms. The van der Waals surface area contributed by atoms with Crippen LogP contribution in [0.15, 0.2) is 54.9 Å². The predicted molar refractivity (Wildman–Crippen MR) is 96.7 cm³/mol. The van der Waals surface area contributed by atoms with Crippen LogP contribution in [0.3, 0.4) is 0 Å². The van der Waals surface area contributed by atoms with Crippen LogP contribution in [0, 0.1) is 0 Å². The van der Waals surface area contributed by atoms with Crippen molar-refractivity contribution >= 4 is 28.4 Å². The number of rotatable bonds is 4. The molecule has 23 heavy (non-hydrogen) atoms. The second kappa shape index (κ2) is 6.01. The number of benzene rings is 2. The van der Waals surface area contributed by atoms with Crippen LogP contribution in [0.2, 0.25) is 0 Å². The minimum Gasteiger partial charge on any atom is -0.360 e. The van der Waals surface area contributed by atoms with Gasteiger partial charge >= 0.3 is 0 Å². The molecule has 1 saturated carbocycles. The molecule has 1 heterocycles. The monoisotopic (exact) mass is 322 g/mol. The predicted octanol–water partition coefficient (Wildman–Crippen LogP) is 3.15. The molecule has 2 N–H and O–H groups in total. The van der Waals surface area contributed by atoms with Crippen LogP contribution >= 0.6 is 12.2 Å². The van der Waals surface area contributed by atoms with E-state index in [2.05, 4.69) is 50.5 Å². The van der Waals surface area contributed by atoms with Gasteiger partial charge in [-0.15, -0.1) is 0 Å². The Morgan fingerprint density at radius 3 is 2.70 bits per heavy atom. The molecule has 1 aromatic heterocycles. The fraction of sp³-hybridized carbons (Fsp3) is 0.222. The lowest BCUT2D eigenvalue weighted by atomic mass is 10.2. The highest BCUT2D eigenvalue weighted by Crippen LogP contribution is 2.19. The van der Waals surface area contributed by atoms with E-state index in [4.69, 9.17) is 12.2 Å². The van der Waals surface area contributed by atoms with Crippen molar-refractivity contribution in [1.82, 2.24) is 20.2 Å². The number of fused-ring (bicyclic) bond motifs is 1. The molecule has 0 aliphatic heterocycles. The molecule has 0 bridgehead atoms. The molecule has 3 aromatic rings. The quantitative estimate of drug-likeness (QED) is 0.724. The van der Waals surface area contributed by atoms with Gasteiger partial charge in [0.05, 0.1) is 11.0 Å². The Morgan fingerprint density at radius 1 is 1.13 bits per heavy atom. The van der Waals surface area contributed by atoms with Gasteiger partial charge in [-0.25, -0.2) is 4.98 Å². The van der Waals surface area contributed by atoms with Crippen LogP contribution in [0.4, 0.5) is 0 Å². The van der Waals surface area contributed by atoms with E-state index in [1.165, 1.54) is 18.4 Å². The highest BCUT2D eigenvalue weighted by molar-refractivity contribution is 7.80. The lowest BCUT2D eigenvalue weighted by Gasteiger charge is -2.10. The smallest absolute Gasteiger partial charge is 0.166 e. The fourth-order valence-electron chi connectivity index (χ4n) is 2.59. The van der Waals surface area contributed by atoms with Gasteiger partial charge in [-0.1, -0.05) is 24.3 Å². The van der Waals surface area contributed by atoms with Crippen molar-refractivity contribution in [2.24, 2.45) is 0 Å². The summed E-state index contributed by atoms with van der Waals surface area (Å²) in [4.78, 5) is 4.44. The average molecular weight is 322 g/mol. The van der Waals surface area contributed by atoms with Gasteiger partial charge in [0.15, 0.2) is 5.11 Å². The van der Waals surface area contributed by atoms with Crippen molar-refractivity contribution in [2.45, 2.75) is 25.4 Å². The van der Waals surface area contributed by atoms with Gasteiger partial charge in [-0.3, -0.25) is 4.57 Å². The number of para-hydroxylation sites is 2. The Morgan fingerprint density at radius 2 is 1.91 bits per heavy atom. The summed E-state index contributed by atoms with van der Waals surface area (Å²) in [5.41, 5.74) is 4.45. The van der Waals surface area contributed by atoms with Gasteiger partial charge in [0.1, 0.15) is 6.33 Å². The third-order valence-corrected chi connectivity index (χ3v) is 4.30. The molecule has 1 fully saturated rings. The summed E-state index contributed by atoms with van der Waals surface area (Å²) < 4.78 is 2.10. The molecule has 0 amide bonds. The van der Waals surface area contributed by atoms with E-state index in [0.717, 1.165) is 28.4 Å². The number of hydrogen-bond acceptors (Lipinski definition) is 2. The van der Waals surface area contributed by atoms with Crippen LogP contribution in [0.1, 0.15) is 18.4 Å². The number of imidazole rings is 1. The average Bonchev–Trinajstić information content (AvgIpc) is 3.29. The molecule has 4 nitrogen and oxygen atoms in total. The third kappa shape index (κ3) is 3.19. The van der Waals surface area contributed by atoms with Crippen molar-refractivity contribution < 1.29 is 0 Å². The minimum atomic E-state index is 0.590. The van der Waals surface area contributed by atoms with E-state index in [1.54, 1.807) is 0 Å². The summed E-state index contributed by atoms with van der Waals surface area (Å²) in [6.45, 7) is 0.740. The summed E-state index contributed by atoms with van der Waals surface area (Å²) in [6.07, 6.45) is 4.33. The fourth-order valence-corrected chi connectivity index (χ4v) is 2.82. The minimum absolute atomic E-state index is 0.590. The lowest BCUT2D eigenvalue weighted by Crippen LogP contribution is -2.36. The van der Waals surface area contributed by atoms with Crippen molar-refractivity contribution in [3.63, 3.8) is 0 Å². The lowest BCUT2D eigenvalue weighted by molar-refractivity contribution is 0.829. The first-order chi connectivity index (χ1) is 11.3. The van der Waals surface area contributed by atoms with E-state index in [0.29, 0.717) is 6.04 Å². The maximum atomic E-state index is 5.28. The van der Waals surface area contributed by atoms with Crippen LogP contribution in [0.5, 0.6) is 0 Å². The van der Waals surface area contributed by atoms with Crippen molar-refractivity contribution in [1.29, 1.82) is 0 Å². The van der Waals surface area contributed by atoms with Crippen molar-refractivity contribution in [3.8, 4) is 5.69 Å². The number of hydrogen-bond donors (Lipinski definition) is 2. The largest absolute Gasteiger partial charge is 0.360 e. The Bertz CT molecular complexity index is 834. The third-order valence-electron chi connectivity index (χ3n) is 4.03. The molecule has 116 valence electrons. The molecule has 2 aromatic carbocycles. The molecule has 4 rings (SSSR count). The Kier molecular flexibility index (Phi) is 3.71. The van der Waals surface area contributed by atoms with Crippen LogP contribution < -0.4 is 10.6 Å². The van der Waals surface area contributed by atoms with E-state index < -0.39 is 0 Å². The Labute approximate surface area is 140 Å². The Balaban J connectivity index is 1.46. The summed E-state index contributed by atoms with van der Waals surface area (Å²) in [7, 11) is 0. The first-order valence-corrected chi connectivity index (χ1v) is 8.26. The highest BCUT2D eigenvalue weighted by atomic mass is 32.1. The number of thiocarbonyl (C=S) groups is 1. The van der Waals surface area contributed by atoms with Gasteiger partial charge < -0.3 is 10.6 Å². The number of aromatic nitrogens is 2. The zero-order valence-electron chi connectivity index (χ0n) is 12.7. The molecule has 0 saturated heterocycles. The van der Waals surface area contributed by atoms with E-state index in [9.17, 15) is 0 Å². The topological polar surface area (TPSA) is 41.9 Å². The van der Waals surface area contributed by atoms with Gasteiger partial charge in [0, 0.05) is 18.3 Å². The van der Waals surface area contributed by atoms with Crippen LogP contribution in [-0.4, -0.2) is 20.7 Å². The van der Waals surface area contributed by atoms with Crippen molar-refractivity contribution in [2.75, 3.05) is 0 Å². The van der Waals surface area contributed by atoms with Gasteiger partial charge in [-0.05, 0) is 54.9 Å². The maximum Gasteiger partial charge on any atom is 0.166 e. The normalized spacial score (nSPS) is 13.9.